The number of benzene rings is 2. The number of cyclic esters (lactones) is 2. The van der Waals surface area contributed by atoms with Crippen LogP contribution in [0.15, 0.2) is 54.1 Å². The van der Waals surface area contributed by atoms with Crippen LogP contribution in [0.25, 0.3) is 6.08 Å². The Hall–Kier alpha value is -2.79. The molecule has 1 aliphatic rings. The quantitative estimate of drug-likeness (QED) is 0.458. The molecule has 0 atom stereocenters. The molecule has 3 rings (SSSR count). The maximum atomic E-state index is 12.0. The molecule has 0 unspecified atom stereocenters. The van der Waals surface area contributed by atoms with Crippen LogP contribution in [0.3, 0.4) is 0 Å². The van der Waals surface area contributed by atoms with Gasteiger partial charge in [-0.05, 0) is 41.5 Å². The van der Waals surface area contributed by atoms with Gasteiger partial charge in [0.15, 0.2) is 0 Å². The van der Waals surface area contributed by atoms with E-state index in [0.717, 1.165) is 5.56 Å². The molecule has 134 valence electrons. The second-order valence-corrected chi connectivity index (χ2v) is 6.66. The topological polar surface area (TPSA) is 61.8 Å². The van der Waals surface area contributed by atoms with Gasteiger partial charge >= 0.3 is 11.9 Å². The molecule has 6 heteroatoms. The predicted molar refractivity (Wildman–Crippen MR) is 96.5 cm³/mol. The zero-order valence-corrected chi connectivity index (χ0v) is 15.1. The second kappa shape index (κ2) is 7.22. The van der Waals surface area contributed by atoms with Crippen molar-refractivity contribution in [3.05, 3.63) is 70.3 Å². The summed E-state index contributed by atoms with van der Waals surface area (Å²) in [5.41, 5.74) is 1.40. The number of carbonyl (C=O) groups is 2. The van der Waals surface area contributed by atoms with Crippen LogP contribution in [-0.4, -0.2) is 17.7 Å². The van der Waals surface area contributed by atoms with Gasteiger partial charge in [0.05, 0.1) is 0 Å². The van der Waals surface area contributed by atoms with E-state index in [4.69, 9.17) is 25.8 Å². The molecule has 1 fully saturated rings. The van der Waals surface area contributed by atoms with E-state index in [9.17, 15) is 9.59 Å². The third-order valence-corrected chi connectivity index (χ3v) is 3.82. The van der Waals surface area contributed by atoms with Gasteiger partial charge in [-0.2, -0.15) is 0 Å². The second-order valence-electron chi connectivity index (χ2n) is 6.23. The van der Waals surface area contributed by atoms with E-state index in [-0.39, 0.29) is 5.57 Å². The van der Waals surface area contributed by atoms with Gasteiger partial charge in [0.25, 0.3) is 5.79 Å². The first kappa shape index (κ1) is 18.0. The molecule has 0 amide bonds. The Balaban J connectivity index is 1.75. The van der Waals surface area contributed by atoms with Crippen molar-refractivity contribution < 1.29 is 23.8 Å². The Morgan fingerprint density at radius 2 is 1.73 bits per heavy atom. The van der Waals surface area contributed by atoms with Gasteiger partial charge < -0.3 is 14.2 Å². The number of halogens is 1. The van der Waals surface area contributed by atoms with Crippen LogP contribution in [0.2, 0.25) is 5.02 Å². The van der Waals surface area contributed by atoms with Crippen molar-refractivity contribution in [2.24, 2.45) is 0 Å². The summed E-state index contributed by atoms with van der Waals surface area (Å²) >= 11 is 5.96. The fraction of sp³-hybridized carbons (Fsp3) is 0.200. The zero-order valence-electron chi connectivity index (χ0n) is 14.3. The SMILES string of the molecule is CC1(C)OC(=O)C(=Cc2cccc(OCc3cccc(Cl)c3)c2)C(=O)O1. The lowest BCUT2D eigenvalue weighted by molar-refractivity contribution is -0.222. The Bertz CT molecular complexity index is 863. The lowest BCUT2D eigenvalue weighted by Crippen LogP contribution is -2.41. The monoisotopic (exact) mass is 372 g/mol. The molecule has 0 radical (unpaired) electrons. The highest BCUT2D eigenvalue weighted by Crippen LogP contribution is 2.25. The van der Waals surface area contributed by atoms with Crippen LogP contribution in [0.5, 0.6) is 5.75 Å². The summed E-state index contributed by atoms with van der Waals surface area (Å²) in [6.07, 6.45) is 1.42. The van der Waals surface area contributed by atoms with Gasteiger partial charge in [-0.3, -0.25) is 0 Å². The molecule has 2 aromatic rings. The first-order chi connectivity index (χ1) is 12.3. The minimum Gasteiger partial charge on any atom is -0.489 e. The van der Waals surface area contributed by atoms with Gasteiger partial charge in [0.1, 0.15) is 17.9 Å². The minimum atomic E-state index is -1.26. The van der Waals surface area contributed by atoms with E-state index >= 15 is 0 Å². The Kier molecular flexibility index (Phi) is 5.00. The van der Waals surface area contributed by atoms with E-state index < -0.39 is 17.7 Å². The molecule has 5 nitrogen and oxygen atoms in total. The molecule has 0 aromatic heterocycles. The first-order valence-electron chi connectivity index (χ1n) is 7.98. The fourth-order valence-corrected chi connectivity index (χ4v) is 2.65. The summed E-state index contributed by atoms with van der Waals surface area (Å²) < 4.78 is 15.9. The van der Waals surface area contributed by atoms with Gasteiger partial charge in [-0.15, -0.1) is 0 Å². The number of rotatable bonds is 4. The number of hydrogen-bond acceptors (Lipinski definition) is 5. The highest BCUT2D eigenvalue weighted by atomic mass is 35.5. The molecule has 0 N–H and O–H groups in total. The molecule has 1 saturated heterocycles. The third kappa shape index (κ3) is 4.43. The van der Waals surface area contributed by atoms with Crippen molar-refractivity contribution in [2.75, 3.05) is 0 Å². The van der Waals surface area contributed by atoms with E-state index in [1.54, 1.807) is 30.3 Å². The average molecular weight is 373 g/mol. The molecule has 0 saturated carbocycles. The molecule has 0 bridgehead atoms. The van der Waals surface area contributed by atoms with Crippen molar-refractivity contribution >= 4 is 29.6 Å². The predicted octanol–water partition coefficient (Wildman–Crippen LogP) is 4.14. The van der Waals surface area contributed by atoms with Crippen LogP contribution in [0, 0.1) is 0 Å². The average Bonchev–Trinajstić information content (AvgIpc) is 2.56. The molecule has 0 spiro atoms. The summed E-state index contributed by atoms with van der Waals surface area (Å²) in [5, 5.41) is 0.641. The largest absolute Gasteiger partial charge is 0.489 e. The Labute approximate surface area is 156 Å². The van der Waals surface area contributed by atoms with E-state index in [1.807, 2.05) is 18.2 Å². The summed E-state index contributed by atoms with van der Waals surface area (Å²) in [5.74, 6) is -2.09. The fourth-order valence-electron chi connectivity index (χ4n) is 2.43. The van der Waals surface area contributed by atoms with Crippen LogP contribution < -0.4 is 4.74 Å². The molecule has 1 heterocycles. The van der Waals surface area contributed by atoms with Crippen molar-refractivity contribution in [3.8, 4) is 5.75 Å². The van der Waals surface area contributed by atoms with E-state index in [1.165, 1.54) is 19.9 Å². The first-order valence-corrected chi connectivity index (χ1v) is 8.36. The molecule has 26 heavy (non-hydrogen) atoms. The number of ether oxygens (including phenoxy) is 3. The summed E-state index contributed by atoms with van der Waals surface area (Å²) in [4.78, 5) is 24.0. The van der Waals surface area contributed by atoms with Crippen LogP contribution in [0.1, 0.15) is 25.0 Å². The van der Waals surface area contributed by atoms with Crippen molar-refractivity contribution in [3.63, 3.8) is 0 Å². The maximum Gasteiger partial charge on any atom is 0.348 e. The molecular weight excluding hydrogens is 356 g/mol. The van der Waals surface area contributed by atoms with E-state index in [2.05, 4.69) is 0 Å². The van der Waals surface area contributed by atoms with Gasteiger partial charge in [-0.25, -0.2) is 9.59 Å². The molecule has 1 aliphatic heterocycles. The summed E-state index contributed by atoms with van der Waals surface area (Å²) in [6, 6.07) is 14.4. The lowest BCUT2D eigenvalue weighted by Gasteiger charge is -2.29. The summed E-state index contributed by atoms with van der Waals surface area (Å²) in [6.45, 7) is 3.35. The van der Waals surface area contributed by atoms with Crippen molar-refractivity contribution in [2.45, 2.75) is 26.2 Å². The minimum absolute atomic E-state index is 0.156. The third-order valence-electron chi connectivity index (χ3n) is 3.58. The zero-order chi connectivity index (χ0) is 18.7. The standard InChI is InChI=1S/C20H17ClO5/c1-20(2)25-18(22)17(19(23)26-20)11-13-5-4-8-16(10-13)24-12-14-6-3-7-15(21)9-14/h3-11H,12H2,1-2H3. The van der Waals surface area contributed by atoms with Crippen molar-refractivity contribution in [1.29, 1.82) is 0 Å². The van der Waals surface area contributed by atoms with Gasteiger partial charge in [0, 0.05) is 18.9 Å². The number of hydrogen-bond donors (Lipinski definition) is 0. The molecule has 2 aromatic carbocycles. The molecule has 0 aliphatic carbocycles. The highest BCUT2D eigenvalue weighted by molar-refractivity contribution is 6.30. The maximum absolute atomic E-state index is 12.0. The van der Waals surface area contributed by atoms with Crippen molar-refractivity contribution in [1.82, 2.24) is 0 Å². The Morgan fingerprint density at radius 3 is 2.42 bits per heavy atom. The van der Waals surface area contributed by atoms with Gasteiger partial charge in [0.2, 0.25) is 0 Å². The van der Waals surface area contributed by atoms with Crippen LogP contribution >= 0.6 is 11.6 Å². The smallest absolute Gasteiger partial charge is 0.348 e. The number of esters is 2. The van der Waals surface area contributed by atoms with E-state index in [0.29, 0.717) is 22.9 Å². The normalized spacial score (nSPS) is 15.9. The lowest BCUT2D eigenvalue weighted by atomic mass is 10.1. The Morgan fingerprint density at radius 1 is 1.04 bits per heavy atom. The highest BCUT2D eigenvalue weighted by Gasteiger charge is 2.38. The van der Waals surface area contributed by atoms with Crippen LogP contribution in [-0.2, 0) is 25.7 Å². The number of carbonyl (C=O) groups excluding carboxylic acids is 2. The van der Waals surface area contributed by atoms with Crippen LogP contribution in [0.4, 0.5) is 0 Å². The van der Waals surface area contributed by atoms with Gasteiger partial charge in [-0.1, -0.05) is 35.9 Å². The molecular formula is C20H17ClO5. The summed E-state index contributed by atoms with van der Waals surface area (Å²) in [7, 11) is 0.